The quantitative estimate of drug-likeness (QED) is 0.842. The summed E-state index contributed by atoms with van der Waals surface area (Å²) in [4.78, 5) is 0.297. The summed E-state index contributed by atoms with van der Waals surface area (Å²) >= 11 is 0. The molecule has 0 aliphatic heterocycles. The minimum atomic E-state index is -3.58. The minimum absolute atomic E-state index is 0.196. The largest absolute Gasteiger partial charge is 0.395 e. The van der Waals surface area contributed by atoms with E-state index in [0.717, 1.165) is 5.56 Å². The molecule has 0 aliphatic carbocycles. The molecule has 1 atom stereocenters. The third kappa shape index (κ3) is 4.03. The molecule has 108 valence electrons. The van der Waals surface area contributed by atoms with E-state index in [9.17, 15) is 8.42 Å². The van der Waals surface area contributed by atoms with Gasteiger partial charge in [0.25, 0.3) is 0 Å². The highest BCUT2D eigenvalue weighted by atomic mass is 32.2. The van der Waals surface area contributed by atoms with Gasteiger partial charge in [0, 0.05) is 6.04 Å². The van der Waals surface area contributed by atoms with Crippen LogP contribution < -0.4 is 4.72 Å². The first-order chi connectivity index (χ1) is 8.81. The first-order valence-corrected chi connectivity index (χ1v) is 8.03. The molecule has 1 aromatic rings. The third-order valence-corrected chi connectivity index (χ3v) is 4.87. The zero-order valence-electron chi connectivity index (χ0n) is 12.0. The monoisotopic (exact) mass is 285 g/mol. The molecule has 4 nitrogen and oxygen atoms in total. The van der Waals surface area contributed by atoms with Gasteiger partial charge in [0.05, 0.1) is 11.5 Å². The molecule has 5 heteroatoms. The molecule has 0 bridgehead atoms. The smallest absolute Gasteiger partial charge is 0.241 e. The van der Waals surface area contributed by atoms with Gasteiger partial charge in [0.1, 0.15) is 0 Å². The van der Waals surface area contributed by atoms with Gasteiger partial charge in [-0.1, -0.05) is 32.9 Å². The van der Waals surface area contributed by atoms with Crippen LogP contribution in [0.1, 0.15) is 44.2 Å². The summed E-state index contributed by atoms with van der Waals surface area (Å²) in [6.45, 7) is 7.46. The van der Waals surface area contributed by atoms with Crippen molar-refractivity contribution in [3.05, 3.63) is 29.3 Å². The van der Waals surface area contributed by atoms with Crippen molar-refractivity contribution in [3.8, 4) is 0 Å². The summed E-state index contributed by atoms with van der Waals surface area (Å²) in [5.41, 5.74) is 1.70. The number of hydrogen-bond acceptors (Lipinski definition) is 3. The Kier molecular flexibility index (Phi) is 5.52. The Morgan fingerprint density at radius 3 is 2.42 bits per heavy atom. The van der Waals surface area contributed by atoms with Crippen molar-refractivity contribution >= 4 is 10.0 Å². The van der Waals surface area contributed by atoms with Crippen LogP contribution in [0, 0.1) is 6.92 Å². The molecule has 0 fully saturated rings. The van der Waals surface area contributed by atoms with E-state index in [1.165, 1.54) is 0 Å². The molecule has 0 saturated carbocycles. The van der Waals surface area contributed by atoms with Crippen molar-refractivity contribution in [2.75, 3.05) is 6.61 Å². The van der Waals surface area contributed by atoms with Crippen LogP contribution in [0.3, 0.4) is 0 Å². The van der Waals surface area contributed by atoms with Gasteiger partial charge in [-0.05, 0) is 36.5 Å². The third-order valence-electron chi connectivity index (χ3n) is 3.20. The van der Waals surface area contributed by atoms with E-state index in [1.807, 2.05) is 32.9 Å². The molecule has 0 spiro atoms. The normalized spacial score (nSPS) is 13.8. The molecule has 1 aromatic carbocycles. The lowest BCUT2D eigenvalue weighted by Gasteiger charge is -2.17. The van der Waals surface area contributed by atoms with Crippen molar-refractivity contribution in [1.29, 1.82) is 0 Å². The fraction of sp³-hybridized carbons (Fsp3) is 0.571. The van der Waals surface area contributed by atoms with E-state index in [1.54, 1.807) is 13.0 Å². The summed E-state index contributed by atoms with van der Waals surface area (Å²) in [6.07, 6.45) is 0.554. The second-order valence-electron chi connectivity index (χ2n) is 5.09. The number of aliphatic hydroxyl groups excluding tert-OH is 1. The highest BCUT2D eigenvalue weighted by molar-refractivity contribution is 7.89. The van der Waals surface area contributed by atoms with Crippen LogP contribution in [0.5, 0.6) is 0 Å². The Balaban J connectivity index is 3.16. The average Bonchev–Trinajstić information content (AvgIpc) is 2.35. The molecular weight excluding hydrogens is 262 g/mol. The first kappa shape index (κ1) is 16.1. The summed E-state index contributed by atoms with van der Waals surface area (Å²) in [6, 6.07) is 5.05. The molecular formula is C14H23NO3S. The molecule has 0 heterocycles. The molecule has 0 aliphatic rings. The lowest BCUT2D eigenvalue weighted by molar-refractivity contribution is 0.254. The van der Waals surface area contributed by atoms with Gasteiger partial charge in [-0.2, -0.15) is 0 Å². The van der Waals surface area contributed by atoms with Crippen molar-refractivity contribution in [2.45, 2.75) is 51.0 Å². The fourth-order valence-electron chi connectivity index (χ4n) is 1.80. The summed E-state index contributed by atoms with van der Waals surface area (Å²) in [5.74, 6) is 0.273. The molecule has 1 rings (SSSR count). The second-order valence-corrected chi connectivity index (χ2v) is 6.77. The lowest BCUT2D eigenvalue weighted by Crippen LogP contribution is -2.37. The van der Waals surface area contributed by atoms with Crippen molar-refractivity contribution in [3.63, 3.8) is 0 Å². The highest BCUT2D eigenvalue weighted by Gasteiger charge is 2.21. The zero-order chi connectivity index (χ0) is 14.6. The van der Waals surface area contributed by atoms with Gasteiger partial charge in [-0.3, -0.25) is 0 Å². The Bertz CT molecular complexity index is 519. The standard InChI is InChI=1S/C14H23NO3S/c1-5-13(9-16)15-19(17,18)14-8-12(10(2)3)7-6-11(14)4/h6-8,10,13,15-16H,5,9H2,1-4H3/t13-/m1/s1. The van der Waals surface area contributed by atoms with Gasteiger partial charge in [0.2, 0.25) is 10.0 Å². The van der Waals surface area contributed by atoms with Crippen LogP contribution >= 0.6 is 0 Å². The van der Waals surface area contributed by atoms with E-state index < -0.39 is 16.1 Å². The SMILES string of the molecule is CC[C@H](CO)NS(=O)(=O)c1cc(C(C)C)ccc1C. The van der Waals surface area contributed by atoms with Crippen LogP contribution in [-0.4, -0.2) is 26.2 Å². The van der Waals surface area contributed by atoms with Crippen molar-refractivity contribution in [1.82, 2.24) is 4.72 Å². The van der Waals surface area contributed by atoms with E-state index in [4.69, 9.17) is 5.11 Å². The Labute approximate surface area is 115 Å². The van der Waals surface area contributed by atoms with E-state index in [2.05, 4.69) is 4.72 Å². The summed E-state index contributed by atoms with van der Waals surface area (Å²) in [7, 11) is -3.58. The van der Waals surface area contributed by atoms with E-state index >= 15 is 0 Å². The molecule has 0 amide bonds. The molecule has 0 radical (unpaired) electrons. The van der Waals surface area contributed by atoms with Gasteiger partial charge < -0.3 is 5.11 Å². The average molecular weight is 285 g/mol. The first-order valence-electron chi connectivity index (χ1n) is 6.55. The molecule has 0 unspecified atom stereocenters. The predicted molar refractivity (Wildman–Crippen MR) is 76.8 cm³/mol. The zero-order valence-corrected chi connectivity index (χ0v) is 12.8. The molecule has 0 aromatic heterocycles. The summed E-state index contributed by atoms with van der Waals surface area (Å²) < 4.78 is 27.2. The number of benzene rings is 1. The van der Waals surface area contributed by atoms with Gasteiger partial charge in [-0.25, -0.2) is 13.1 Å². The number of hydrogen-bond donors (Lipinski definition) is 2. The number of nitrogens with one attached hydrogen (secondary N) is 1. The number of aliphatic hydroxyl groups is 1. The Morgan fingerprint density at radius 2 is 1.95 bits per heavy atom. The van der Waals surface area contributed by atoms with E-state index in [-0.39, 0.29) is 12.5 Å². The van der Waals surface area contributed by atoms with Gasteiger partial charge >= 0.3 is 0 Å². The fourth-order valence-corrected chi connectivity index (χ4v) is 3.39. The topological polar surface area (TPSA) is 66.4 Å². The van der Waals surface area contributed by atoms with Crippen LogP contribution in [0.4, 0.5) is 0 Å². The Morgan fingerprint density at radius 1 is 1.32 bits per heavy atom. The number of rotatable bonds is 6. The predicted octanol–water partition coefficient (Wildman–Crippen LogP) is 2.17. The maximum absolute atomic E-state index is 12.3. The Hall–Kier alpha value is -0.910. The summed E-state index contributed by atoms with van der Waals surface area (Å²) in [5, 5.41) is 9.12. The van der Waals surface area contributed by atoms with Crippen LogP contribution in [0.25, 0.3) is 0 Å². The molecule has 19 heavy (non-hydrogen) atoms. The van der Waals surface area contributed by atoms with Crippen molar-refractivity contribution in [2.24, 2.45) is 0 Å². The molecule has 2 N–H and O–H groups in total. The van der Waals surface area contributed by atoms with Crippen LogP contribution in [0.2, 0.25) is 0 Å². The van der Waals surface area contributed by atoms with E-state index in [0.29, 0.717) is 16.9 Å². The second kappa shape index (κ2) is 6.50. The van der Waals surface area contributed by atoms with Crippen molar-refractivity contribution < 1.29 is 13.5 Å². The van der Waals surface area contributed by atoms with Gasteiger partial charge in [-0.15, -0.1) is 0 Å². The lowest BCUT2D eigenvalue weighted by atomic mass is 10.0. The minimum Gasteiger partial charge on any atom is -0.395 e. The van der Waals surface area contributed by atoms with Crippen LogP contribution in [0.15, 0.2) is 23.1 Å². The maximum Gasteiger partial charge on any atom is 0.241 e. The number of aryl methyl sites for hydroxylation is 1. The molecule has 0 saturated heterocycles. The van der Waals surface area contributed by atoms with Crippen LogP contribution in [-0.2, 0) is 10.0 Å². The maximum atomic E-state index is 12.3. The van der Waals surface area contributed by atoms with Gasteiger partial charge in [0.15, 0.2) is 0 Å². The highest BCUT2D eigenvalue weighted by Crippen LogP contribution is 2.22. The number of sulfonamides is 1.